The molecular formula is C18H23NO. The maximum Gasteiger partial charge on any atom is 0.142 e. The predicted octanol–water partition coefficient (Wildman–Crippen LogP) is 4.49. The monoisotopic (exact) mass is 269 g/mol. The van der Waals surface area contributed by atoms with Crippen LogP contribution in [0.15, 0.2) is 41.1 Å². The number of fused-ring (bicyclic) bond motifs is 1. The molecule has 2 atom stereocenters. The molecule has 0 N–H and O–H groups in total. The Morgan fingerprint density at radius 1 is 1.20 bits per heavy atom. The average molecular weight is 269 g/mol. The smallest absolute Gasteiger partial charge is 0.142 e. The van der Waals surface area contributed by atoms with Crippen LogP contribution < -0.4 is 0 Å². The molecule has 0 aliphatic heterocycles. The average Bonchev–Trinajstić information content (AvgIpc) is 2.94. The molecule has 0 bridgehead atoms. The largest absolute Gasteiger partial charge is 0.391 e. The zero-order chi connectivity index (χ0) is 14.3. The van der Waals surface area contributed by atoms with Gasteiger partial charge < -0.3 is 4.84 Å². The van der Waals surface area contributed by atoms with Crippen molar-refractivity contribution in [2.24, 2.45) is 22.4 Å². The van der Waals surface area contributed by atoms with E-state index in [1.165, 1.54) is 23.1 Å². The van der Waals surface area contributed by atoms with Crippen molar-refractivity contribution in [1.82, 2.24) is 0 Å². The summed E-state index contributed by atoms with van der Waals surface area (Å²) >= 11 is 0. The molecule has 0 saturated heterocycles. The molecule has 2 unspecified atom stereocenters. The van der Waals surface area contributed by atoms with Crippen molar-refractivity contribution in [3.63, 3.8) is 0 Å². The van der Waals surface area contributed by atoms with Crippen molar-refractivity contribution < 1.29 is 4.84 Å². The predicted molar refractivity (Wildman–Crippen MR) is 82.5 cm³/mol. The minimum Gasteiger partial charge on any atom is -0.391 e. The van der Waals surface area contributed by atoms with E-state index in [4.69, 9.17) is 4.84 Å². The van der Waals surface area contributed by atoms with Crippen molar-refractivity contribution in [3.05, 3.63) is 47.0 Å². The van der Waals surface area contributed by atoms with Gasteiger partial charge in [-0.05, 0) is 43.2 Å². The highest BCUT2D eigenvalue weighted by Crippen LogP contribution is 2.63. The van der Waals surface area contributed by atoms with E-state index in [-0.39, 0.29) is 0 Å². The van der Waals surface area contributed by atoms with Gasteiger partial charge in [-0.2, -0.15) is 0 Å². The standard InChI is InChI=1S/C18H23NO/c1-12-5-7-14(8-6-12)11-20-19-16-10-13(2)9-15-17(16)18(15,3)4/h5-8,10,15,17H,9,11H2,1-4H3/b19-16-. The third kappa shape index (κ3) is 2.39. The Morgan fingerprint density at radius 2 is 1.90 bits per heavy atom. The van der Waals surface area contributed by atoms with Crippen molar-refractivity contribution in [1.29, 1.82) is 0 Å². The Kier molecular flexibility index (Phi) is 3.19. The van der Waals surface area contributed by atoms with Crippen LogP contribution >= 0.6 is 0 Å². The van der Waals surface area contributed by atoms with Crippen molar-refractivity contribution in [2.45, 2.75) is 40.7 Å². The van der Waals surface area contributed by atoms with E-state index < -0.39 is 0 Å². The summed E-state index contributed by atoms with van der Waals surface area (Å²) in [4.78, 5) is 5.58. The van der Waals surface area contributed by atoms with Gasteiger partial charge in [0, 0.05) is 5.92 Å². The molecule has 1 aromatic carbocycles. The number of hydrogen-bond acceptors (Lipinski definition) is 2. The molecule has 0 heterocycles. The molecule has 106 valence electrons. The van der Waals surface area contributed by atoms with Crippen LogP contribution in [-0.2, 0) is 11.4 Å². The van der Waals surface area contributed by atoms with Crippen molar-refractivity contribution >= 4 is 5.71 Å². The van der Waals surface area contributed by atoms with Crippen LogP contribution in [0.2, 0.25) is 0 Å². The number of oxime groups is 1. The second-order valence-corrected chi connectivity index (χ2v) is 6.88. The fraction of sp³-hybridized carbons (Fsp3) is 0.500. The molecule has 0 spiro atoms. The fourth-order valence-corrected chi connectivity index (χ4v) is 3.41. The van der Waals surface area contributed by atoms with Crippen LogP contribution in [0, 0.1) is 24.2 Å². The quantitative estimate of drug-likeness (QED) is 0.741. The first-order valence-corrected chi connectivity index (χ1v) is 7.41. The lowest BCUT2D eigenvalue weighted by Crippen LogP contribution is -2.08. The number of aryl methyl sites for hydroxylation is 1. The van der Waals surface area contributed by atoms with Gasteiger partial charge in [-0.25, -0.2) is 0 Å². The number of benzene rings is 1. The summed E-state index contributed by atoms with van der Waals surface area (Å²) in [6.45, 7) is 9.51. The van der Waals surface area contributed by atoms with Gasteiger partial charge in [0.15, 0.2) is 0 Å². The molecule has 1 fully saturated rings. The number of rotatable bonds is 3. The lowest BCUT2D eigenvalue weighted by Gasteiger charge is -2.09. The Bertz CT molecular complexity index is 566. The lowest BCUT2D eigenvalue weighted by atomic mass is 10.00. The van der Waals surface area contributed by atoms with E-state index in [9.17, 15) is 0 Å². The molecule has 2 heteroatoms. The van der Waals surface area contributed by atoms with E-state index >= 15 is 0 Å². The first kappa shape index (κ1) is 13.4. The van der Waals surface area contributed by atoms with Gasteiger partial charge in [0.05, 0.1) is 5.71 Å². The third-order valence-electron chi connectivity index (χ3n) is 4.83. The second-order valence-electron chi connectivity index (χ2n) is 6.88. The minimum absolute atomic E-state index is 0.389. The summed E-state index contributed by atoms with van der Waals surface area (Å²) < 4.78 is 0. The molecule has 20 heavy (non-hydrogen) atoms. The van der Waals surface area contributed by atoms with Crippen LogP contribution in [0.1, 0.15) is 38.3 Å². The summed E-state index contributed by atoms with van der Waals surface area (Å²) in [6, 6.07) is 8.41. The van der Waals surface area contributed by atoms with Crippen LogP contribution in [0.4, 0.5) is 0 Å². The molecule has 0 aromatic heterocycles. The van der Waals surface area contributed by atoms with Gasteiger partial charge in [-0.15, -0.1) is 0 Å². The van der Waals surface area contributed by atoms with E-state index in [0.717, 1.165) is 11.6 Å². The van der Waals surface area contributed by atoms with Crippen LogP contribution in [0.3, 0.4) is 0 Å². The summed E-state index contributed by atoms with van der Waals surface area (Å²) in [6.07, 6.45) is 3.43. The van der Waals surface area contributed by atoms with Gasteiger partial charge >= 0.3 is 0 Å². The maximum absolute atomic E-state index is 5.58. The van der Waals surface area contributed by atoms with Crippen molar-refractivity contribution in [2.75, 3.05) is 0 Å². The second kappa shape index (κ2) is 4.76. The normalized spacial score (nSPS) is 28.8. The SMILES string of the molecule is CC1=C/C(=N/OCc2ccc(C)cc2)C2C(C1)C2(C)C. The number of allylic oxidation sites excluding steroid dienone is 2. The van der Waals surface area contributed by atoms with E-state index in [1.807, 2.05) is 0 Å². The van der Waals surface area contributed by atoms with Gasteiger partial charge in [0.2, 0.25) is 0 Å². The van der Waals surface area contributed by atoms with Crippen molar-refractivity contribution in [3.8, 4) is 0 Å². The number of hydrogen-bond donors (Lipinski definition) is 0. The first-order chi connectivity index (χ1) is 9.48. The molecule has 1 saturated carbocycles. The molecule has 1 aromatic rings. The van der Waals surface area contributed by atoms with E-state index in [1.54, 1.807) is 0 Å². The Morgan fingerprint density at radius 3 is 2.60 bits per heavy atom. The molecule has 2 nitrogen and oxygen atoms in total. The topological polar surface area (TPSA) is 21.6 Å². The van der Waals surface area contributed by atoms with Gasteiger partial charge in [-0.3, -0.25) is 0 Å². The molecule has 3 rings (SSSR count). The third-order valence-corrected chi connectivity index (χ3v) is 4.83. The van der Waals surface area contributed by atoms with Crippen LogP contribution in [0.5, 0.6) is 0 Å². The van der Waals surface area contributed by atoms with Gasteiger partial charge in [0.25, 0.3) is 0 Å². The first-order valence-electron chi connectivity index (χ1n) is 7.41. The Balaban J connectivity index is 1.66. The van der Waals surface area contributed by atoms with Crippen LogP contribution in [-0.4, -0.2) is 5.71 Å². The minimum atomic E-state index is 0.389. The zero-order valence-electron chi connectivity index (χ0n) is 12.8. The molecule has 0 amide bonds. The van der Waals surface area contributed by atoms with E-state index in [2.05, 4.69) is 63.2 Å². The molecule has 2 aliphatic carbocycles. The van der Waals surface area contributed by atoms with Crippen LogP contribution in [0.25, 0.3) is 0 Å². The Hall–Kier alpha value is -1.57. The summed E-state index contributed by atoms with van der Waals surface area (Å²) in [5.41, 5.74) is 5.39. The lowest BCUT2D eigenvalue weighted by molar-refractivity contribution is 0.129. The Labute approximate surface area is 121 Å². The summed E-state index contributed by atoms with van der Waals surface area (Å²) in [5, 5.41) is 4.41. The van der Waals surface area contributed by atoms with Gasteiger partial charge in [0.1, 0.15) is 6.61 Å². The highest BCUT2D eigenvalue weighted by Gasteiger charge is 2.60. The van der Waals surface area contributed by atoms with Gasteiger partial charge in [-0.1, -0.05) is 54.4 Å². The van der Waals surface area contributed by atoms with E-state index in [0.29, 0.717) is 17.9 Å². The summed E-state index contributed by atoms with van der Waals surface area (Å²) in [7, 11) is 0. The summed E-state index contributed by atoms with van der Waals surface area (Å²) in [5.74, 6) is 1.35. The molecule has 0 radical (unpaired) electrons. The zero-order valence-corrected chi connectivity index (χ0v) is 12.8. The maximum atomic E-state index is 5.58. The highest BCUT2D eigenvalue weighted by atomic mass is 16.6. The number of nitrogens with zero attached hydrogens (tertiary/aromatic N) is 1. The highest BCUT2D eigenvalue weighted by molar-refractivity contribution is 6.01. The fourth-order valence-electron chi connectivity index (χ4n) is 3.41. The molecule has 2 aliphatic rings. The molecular weight excluding hydrogens is 246 g/mol.